The molecule has 6 heteroatoms. The van der Waals surface area contributed by atoms with E-state index in [4.69, 9.17) is 4.42 Å². The molecule has 110 valence electrons. The van der Waals surface area contributed by atoms with Gasteiger partial charge in [0.2, 0.25) is 0 Å². The normalized spacial score (nSPS) is 13.4. The first-order chi connectivity index (χ1) is 10.7. The number of fused-ring (bicyclic) bond motifs is 1. The van der Waals surface area contributed by atoms with Crippen LogP contribution in [0.3, 0.4) is 0 Å². The van der Waals surface area contributed by atoms with E-state index in [1.807, 2.05) is 29.6 Å². The summed E-state index contributed by atoms with van der Waals surface area (Å²) in [6.07, 6.45) is 2.20. The monoisotopic (exact) mass is 374 g/mol. The van der Waals surface area contributed by atoms with Gasteiger partial charge in [-0.05, 0) is 35.6 Å². The Morgan fingerprint density at radius 2 is 2.27 bits per heavy atom. The molecule has 1 amide bonds. The topological polar surface area (TPSA) is 46.3 Å². The van der Waals surface area contributed by atoms with Crippen LogP contribution in [0, 0.1) is 0 Å². The van der Waals surface area contributed by atoms with Crippen LogP contribution < -0.4 is 4.90 Å². The Bertz CT molecular complexity index is 842. The second kappa shape index (κ2) is 5.37. The van der Waals surface area contributed by atoms with Crippen LogP contribution in [-0.4, -0.2) is 17.4 Å². The van der Waals surface area contributed by atoms with Crippen molar-refractivity contribution >= 4 is 38.9 Å². The molecule has 1 aromatic carbocycles. The van der Waals surface area contributed by atoms with Gasteiger partial charge in [-0.3, -0.25) is 4.79 Å². The molecule has 4 rings (SSSR count). The number of amides is 1. The van der Waals surface area contributed by atoms with Crippen LogP contribution in [0.2, 0.25) is 0 Å². The third kappa shape index (κ3) is 2.19. The summed E-state index contributed by atoms with van der Waals surface area (Å²) in [5.41, 5.74) is 2.49. The number of thiophene rings is 1. The number of hydrogen-bond donors (Lipinski definition) is 0. The summed E-state index contributed by atoms with van der Waals surface area (Å²) < 4.78 is 6.41. The predicted octanol–water partition coefficient (Wildman–Crippen LogP) is 4.37. The first-order valence-electron chi connectivity index (χ1n) is 6.81. The van der Waals surface area contributed by atoms with Gasteiger partial charge in [-0.2, -0.15) is 0 Å². The van der Waals surface area contributed by atoms with Crippen LogP contribution in [0.25, 0.3) is 10.6 Å². The van der Waals surface area contributed by atoms with Gasteiger partial charge in [0, 0.05) is 16.7 Å². The maximum absolute atomic E-state index is 12.9. The Balaban J connectivity index is 1.73. The van der Waals surface area contributed by atoms with E-state index in [2.05, 4.69) is 27.0 Å². The van der Waals surface area contributed by atoms with Gasteiger partial charge in [0.15, 0.2) is 17.8 Å². The highest BCUT2D eigenvalue weighted by Crippen LogP contribution is 2.34. The number of oxazole rings is 1. The van der Waals surface area contributed by atoms with Crippen molar-refractivity contribution in [3.63, 3.8) is 0 Å². The molecule has 0 saturated carbocycles. The smallest absolute Gasteiger partial charge is 0.280 e. The van der Waals surface area contributed by atoms with Crippen molar-refractivity contribution in [3.05, 3.63) is 57.8 Å². The van der Waals surface area contributed by atoms with E-state index in [0.29, 0.717) is 18.0 Å². The summed E-state index contributed by atoms with van der Waals surface area (Å²) in [6.45, 7) is 0.668. The van der Waals surface area contributed by atoms with E-state index in [-0.39, 0.29) is 5.91 Å². The number of aromatic nitrogens is 1. The third-order valence-corrected chi connectivity index (χ3v) is 5.06. The second-order valence-electron chi connectivity index (χ2n) is 4.99. The van der Waals surface area contributed by atoms with Crippen molar-refractivity contribution in [1.82, 2.24) is 4.98 Å². The first kappa shape index (κ1) is 13.7. The minimum Gasteiger partial charge on any atom is -0.442 e. The molecule has 0 fully saturated rings. The van der Waals surface area contributed by atoms with E-state index in [1.54, 1.807) is 4.90 Å². The number of hydrogen-bond acceptors (Lipinski definition) is 4. The van der Waals surface area contributed by atoms with Crippen LogP contribution in [0.1, 0.15) is 16.1 Å². The number of benzene rings is 1. The van der Waals surface area contributed by atoms with Gasteiger partial charge in [-0.1, -0.05) is 28.1 Å². The third-order valence-electron chi connectivity index (χ3n) is 3.70. The van der Waals surface area contributed by atoms with Gasteiger partial charge in [-0.25, -0.2) is 4.98 Å². The molecule has 0 bridgehead atoms. The molecule has 0 aliphatic carbocycles. The van der Waals surface area contributed by atoms with Gasteiger partial charge in [0.05, 0.1) is 4.88 Å². The number of carbonyl (C=O) groups excluding carboxylic acids is 1. The minimum atomic E-state index is -0.117. The highest BCUT2D eigenvalue weighted by molar-refractivity contribution is 9.10. The Hall–Kier alpha value is -1.92. The van der Waals surface area contributed by atoms with Crippen molar-refractivity contribution in [2.75, 3.05) is 11.4 Å². The Morgan fingerprint density at radius 1 is 1.36 bits per heavy atom. The Kier molecular flexibility index (Phi) is 3.35. The first-order valence-corrected chi connectivity index (χ1v) is 8.49. The number of halogens is 1. The molecule has 0 saturated heterocycles. The molecule has 22 heavy (non-hydrogen) atoms. The SMILES string of the molecule is O=C(c1ncoc1-c1cccs1)N1CCc2ccc(Br)cc21. The van der Waals surface area contributed by atoms with Crippen LogP contribution in [0.5, 0.6) is 0 Å². The molecule has 1 aliphatic rings. The van der Waals surface area contributed by atoms with Crippen LogP contribution in [0.15, 0.2) is 51.0 Å². The van der Waals surface area contributed by atoms with E-state index >= 15 is 0 Å². The van der Waals surface area contributed by atoms with Crippen LogP contribution >= 0.6 is 27.3 Å². The number of rotatable bonds is 2. The van der Waals surface area contributed by atoms with Gasteiger partial charge in [0.1, 0.15) is 0 Å². The summed E-state index contributed by atoms with van der Waals surface area (Å²) in [6, 6.07) is 9.89. The highest BCUT2D eigenvalue weighted by atomic mass is 79.9. The summed E-state index contributed by atoms with van der Waals surface area (Å²) in [7, 11) is 0. The minimum absolute atomic E-state index is 0.117. The van der Waals surface area contributed by atoms with Crippen molar-refractivity contribution < 1.29 is 9.21 Å². The van der Waals surface area contributed by atoms with E-state index in [1.165, 1.54) is 23.3 Å². The zero-order valence-electron chi connectivity index (χ0n) is 11.5. The fourth-order valence-electron chi connectivity index (χ4n) is 2.67. The standard InChI is InChI=1S/C16H11BrN2O2S/c17-11-4-3-10-5-6-19(12(10)8-11)16(20)14-15(21-9-18-14)13-2-1-7-22-13/h1-4,7-9H,5-6H2. The lowest BCUT2D eigenvalue weighted by Gasteiger charge is -2.16. The fraction of sp³-hybridized carbons (Fsp3) is 0.125. The van der Waals surface area contributed by atoms with Gasteiger partial charge < -0.3 is 9.32 Å². The van der Waals surface area contributed by atoms with Gasteiger partial charge in [-0.15, -0.1) is 11.3 Å². The van der Waals surface area contributed by atoms with Crippen molar-refractivity contribution in [1.29, 1.82) is 0 Å². The van der Waals surface area contributed by atoms with Crippen molar-refractivity contribution in [2.24, 2.45) is 0 Å². The predicted molar refractivity (Wildman–Crippen MR) is 89.3 cm³/mol. The molecular weight excluding hydrogens is 364 g/mol. The molecule has 3 heterocycles. The maximum Gasteiger partial charge on any atom is 0.280 e. The molecule has 2 aromatic heterocycles. The summed E-state index contributed by atoms with van der Waals surface area (Å²) >= 11 is 5.00. The lowest BCUT2D eigenvalue weighted by Crippen LogP contribution is -2.29. The van der Waals surface area contributed by atoms with E-state index in [0.717, 1.165) is 21.5 Å². The van der Waals surface area contributed by atoms with Crippen LogP contribution in [-0.2, 0) is 6.42 Å². The largest absolute Gasteiger partial charge is 0.442 e. The Labute approximate surface area is 139 Å². The molecule has 4 nitrogen and oxygen atoms in total. The quantitative estimate of drug-likeness (QED) is 0.668. The zero-order chi connectivity index (χ0) is 15.1. The highest BCUT2D eigenvalue weighted by Gasteiger charge is 2.30. The van der Waals surface area contributed by atoms with Crippen molar-refractivity contribution in [3.8, 4) is 10.6 Å². The van der Waals surface area contributed by atoms with Gasteiger partial charge >= 0.3 is 0 Å². The molecule has 3 aromatic rings. The maximum atomic E-state index is 12.9. The second-order valence-corrected chi connectivity index (χ2v) is 6.85. The summed E-state index contributed by atoms with van der Waals surface area (Å²) in [4.78, 5) is 19.7. The Morgan fingerprint density at radius 3 is 3.09 bits per heavy atom. The molecule has 1 aliphatic heterocycles. The molecule has 0 unspecified atom stereocenters. The van der Waals surface area contributed by atoms with Crippen molar-refractivity contribution in [2.45, 2.75) is 6.42 Å². The van der Waals surface area contributed by atoms with Crippen LogP contribution in [0.4, 0.5) is 5.69 Å². The summed E-state index contributed by atoms with van der Waals surface area (Å²) in [5.74, 6) is 0.428. The van der Waals surface area contributed by atoms with E-state index < -0.39 is 0 Å². The average Bonchev–Trinajstić information content (AvgIpc) is 3.25. The number of anilines is 1. The number of carbonyl (C=O) groups is 1. The number of nitrogens with zero attached hydrogens (tertiary/aromatic N) is 2. The van der Waals surface area contributed by atoms with E-state index in [9.17, 15) is 4.79 Å². The lowest BCUT2D eigenvalue weighted by molar-refractivity contribution is 0.0985. The molecular formula is C16H11BrN2O2S. The zero-order valence-corrected chi connectivity index (χ0v) is 13.9. The average molecular weight is 375 g/mol. The molecule has 0 N–H and O–H groups in total. The molecule has 0 spiro atoms. The lowest BCUT2D eigenvalue weighted by atomic mass is 10.2. The summed E-state index contributed by atoms with van der Waals surface area (Å²) in [5, 5.41) is 1.95. The van der Waals surface area contributed by atoms with Gasteiger partial charge in [0.25, 0.3) is 5.91 Å². The molecule has 0 radical (unpaired) electrons. The fourth-order valence-corrected chi connectivity index (χ4v) is 3.73. The molecule has 0 atom stereocenters.